The van der Waals surface area contributed by atoms with E-state index in [4.69, 9.17) is 16.3 Å². The molecule has 0 aliphatic rings. The van der Waals surface area contributed by atoms with Gasteiger partial charge >= 0.3 is 0 Å². The number of carbonyl (C=O) groups is 1. The molecule has 0 unspecified atom stereocenters. The molecule has 3 aromatic rings. The van der Waals surface area contributed by atoms with Gasteiger partial charge in [-0.2, -0.15) is 0 Å². The predicted octanol–water partition coefficient (Wildman–Crippen LogP) is 5.21. The van der Waals surface area contributed by atoms with E-state index in [-0.39, 0.29) is 11.7 Å². The molecule has 1 amide bonds. The number of methoxy groups -OCH3 is 1. The summed E-state index contributed by atoms with van der Waals surface area (Å²) in [4.78, 5) is 12.4. The quantitative estimate of drug-likeness (QED) is 0.318. The van der Waals surface area contributed by atoms with Gasteiger partial charge in [-0.15, -0.1) is 16.8 Å². The lowest BCUT2D eigenvalue weighted by atomic mass is 10.1. The molecule has 0 saturated carbocycles. The second kappa shape index (κ2) is 10.7. The summed E-state index contributed by atoms with van der Waals surface area (Å²) in [5.74, 6) is 1.62. The minimum Gasteiger partial charge on any atom is -0.497 e. The van der Waals surface area contributed by atoms with Crippen LogP contribution in [0.1, 0.15) is 11.4 Å². The first-order valence-corrected chi connectivity index (χ1v) is 11.2. The standard InChI is InChI=1S/C21H20BrClN4O2S/c1-3-10-27-19(11-14-4-7-16(29-2)8-5-14)25-26-21(27)30-13-20(28)24-18-9-6-15(22)12-17(18)23/h3-9,12H,1,10-11,13H2,2H3,(H,24,28). The third kappa shape index (κ3) is 5.87. The van der Waals surface area contributed by atoms with Gasteiger partial charge in [-0.3, -0.25) is 4.79 Å². The highest BCUT2D eigenvalue weighted by molar-refractivity contribution is 9.10. The van der Waals surface area contributed by atoms with E-state index in [1.165, 1.54) is 11.8 Å². The van der Waals surface area contributed by atoms with Gasteiger partial charge in [0.1, 0.15) is 11.6 Å². The molecule has 0 spiro atoms. The van der Waals surface area contributed by atoms with Crippen LogP contribution in [0.4, 0.5) is 5.69 Å². The lowest BCUT2D eigenvalue weighted by Crippen LogP contribution is -2.15. The lowest BCUT2D eigenvalue weighted by molar-refractivity contribution is -0.113. The van der Waals surface area contributed by atoms with Crippen LogP contribution < -0.4 is 10.1 Å². The third-order valence-corrected chi connectivity index (χ3v) is 5.94. The number of nitrogens with one attached hydrogen (secondary N) is 1. The number of carbonyl (C=O) groups excluding carboxylic acids is 1. The summed E-state index contributed by atoms with van der Waals surface area (Å²) in [7, 11) is 1.64. The maximum atomic E-state index is 12.4. The number of aromatic nitrogens is 3. The fourth-order valence-corrected chi connectivity index (χ4v) is 4.19. The Bertz CT molecular complexity index is 1040. The van der Waals surface area contributed by atoms with Gasteiger partial charge in [0.05, 0.1) is 23.6 Å². The highest BCUT2D eigenvalue weighted by atomic mass is 79.9. The van der Waals surface area contributed by atoms with Crippen molar-refractivity contribution in [3.05, 3.63) is 76.0 Å². The van der Waals surface area contributed by atoms with E-state index in [1.54, 1.807) is 25.3 Å². The second-order valence-electron chi connectivity index (χ2n) is 6.28. The highest BCUT2D eigenvalue weighted by Crippen LogP contribution is 2.26. The monoisotopic (exact) mass is 506 g/mol. The fourth-order valence-electron chi connectivity index (χ4n) is 2.70. The summed E-state index contributed by atoms with van der Waals surface area (Å²) >= 11 is 10.8. The molecule has 0 fully saturated rings. The zero-order valence-electron chi connectivity index (χ0n) is 16.3. The SMILES string of the molecule is C=CCn1c(Cc2ccc(OC)cc2)nnc1SCC(=O)Nc1ccc(Br)cc1Cl. The summed E-state index contributed by atoms with van der Waals surface area (Å²) in [5, 5.41) is 12.5. The largest absolute Gasteiger partial charge is 0.497 e. The maximum absolute atomic E-state index is 12.4. The smallest absolute Gasteiger partial charge is 0.234 e. The van der Waals surface area contributed by atoms with Crippen molar-refractivity contribution in [3.8, 4) is 5.75 Å². The second-order valence-corrected chi connectivity index (χ2v) is 8.55. The molecule has 0 aliphatic heterocycles. The average molecular weight is 508 g/mol. The van der Waals surface area contributed by atoms with Gasteiger partial charge in [0.25, 0.3) is 0 Å². The molecule has 156 valence electrons. The van der Waals surface area contributed by atoms with E-state index < -0.39 is 0 Å². The van der Waals surface area contributed by atoms with Crippen molar-refractivity contribution in [2.45, 2.75) is 18.1 Å². The van der Waals surface area contributed by atoms with Crippen molar-refractivity contribution in [1.82, 2.24) is 14.8 Å². The van der Waals surface area contributed by atoms with Crippen molar-refractivity contribution < 1.29 is 9.53 Å². The molecule has 30 heavy (non-hydrogen) atoms. The van der Waals surface area contributed by atoms with E-state index in [0.717, 1.165) is 21.6 Å². The Morgan fingerprint density at radius 3 is 2.73 bits per heavy atom. The molecule has 1 N–H and O–H groups in total. The van der Waals surface area contributed by atoms with Crippen molar-refractivity contribution in [2.75, 3.05) is 18.2 Å². The normalized spacial score (nSPS) is 10.6. The van der Waals surface area contributed by atoms with E-state index in [1.807, 2.05) is 34.9 Å². The topological polar surface area (TPSA) is 69.0 Å². The molecule has 0 radical (unpaired) electrons. The summed E-state index contributed by atoms with van der Waals surface area (Å²) in [6.45, 7) is 4.37. The highest BCUT2D eigenvalue weighted by Gasteiger charge is 2.15. The number of nitrogens with zero attached hydrogens (tertiary/aromatic N) is 3. The number of ether oxygens (including phenoxy) is 1. The van der Waals surface area contributed by atoms with Crippen molar-refractivity contribution in [3.63, 3.8) is 0 Å². The number of thioether (sulfide) groups is 1. The minimum atomic E-state index is -0.172. The zero-order chi connectivity index (χ0) is 21.5. The van der Waals surface area contributed by atoms with Crippen LogP contribution in [0.5, 0.6) is 5.75 Å². The van der Waals surface area contributed by atoms with Crippen LogP contribution in [0.3, 0.4) is 0 Å². The Morgan fingerprint density at radius 1 is 1.30 bits per heavy atom. The number of amides is 1. The Labute approximate surface area is 192 Å². The van der Waals surface area contributed by atoms with Crippen LogP contribution in [0.2, 0.25) is 5.02 Å². The summed E-state index contributed by atoms with van der Waals surface area (Å²) in [6, 6.07) is 13.1. The maximum Gasteiger partial charge on any atom is 0.234 e. The molecule has 0 saturated heterocycles. The number of anilines is 1. The molecular weight excluding hydrogens is 488 g/mol. The number of rotatable bonds is 9. The predicted molar refractivity (Wildman–Crippen MR) is 125 cm³/mol. The molecular formula is C21H20BrClN4O2S. The van der Waals surface area contributed by atoms with Gasteiger partial charge in [-0.25, -0.2) is 0 Å². The van der Waals surface area contributed by atoms with Crippen molar-refractivity contribution >= 4 is 50.9 Å². The summed E-state index contributed by atoms with van der Waals surface area (Å²) in [5.41, 5.74) is 1.66. The molecule has 6 nitrogen and oxygen atoms in total. The summed E-state index contributed by atoms with van der Waals surface area (Å²) in [6.07, 6.45) is 2.40. The number of halogens is 2. The van der Waals surface area contributed by atoms with Gasteiger partial charge in [-0.1, -0.05) is 57.5 Å². The molecule has 1 aromatic heterocycles. The van der Waals surface area contributed by atoms with Crippen molar-refractivity contribution in [1.29, 1.82) is 0 Å². The molecule has 2 aromatic carbocycles. The molecule has 0 bridgehead atoms. The van der Waals surface area contributed by atoms with Crippen LogP contribution in [0, 0.1) is 0 Å². The van der Waals surface area contributed by atoms with E-state index in [2.05, 4.69) is 38.0 Å². The van der Waals surface area contributed by atoms with Crippen LogP contribution in [0.25, 0.3) is 0 Å². The molecule has 0 atom stereocenters. The number of hydrogen-bond donors (Lipinski definition) is 1. The Kier molecular flexibility index (Phi) is 7.95. The van der Waals surface area contributed by atoms with Gasteiger partial charge in [-0.05, 0) is 35.9 Å². The molecule has 3 rings (SSSR count). The summed E-state index contributed by atoms with van der Waals surface area (Å²) < 4.78 is 8.01. The zero-order valence-corrected chi connectivity index (χ0v) is 19.4. The van der Waals surface area contributed by atoms with Crippen LogP contribution in [-0.4, -0.2) is 33.5 Å². The first-order chi connectivity index (χ1) is 14.5. The number of allylic oxidation sites excluding steroid dienone is 1. The Balaban J connectivity index is 1.66. The minimum absolute atomic E-state index is 0.172. The first kappa shape index (κ1) is 22.4. The fraction of sp³-hybridized carbons (Fsp3) is 0.190. The van der Waals surface area contributed by atoms with E-state index in [9.17, 15) is 4.79 Å². The van der Waals surface area contributed by atoms with E-state index in [0.29, 0.717) is 28.8 Å². The lowest BCUT2D eigenvalue weighted by Gasteiger charge is -2.09. The van der Waals surface area contributed by atoms with Gasteiger partial charge in [0, 0.05) is 17.4 Å². The first-order valence-electron chi connectivity index (χ1n) is 9.03. The average Bonchev–Trinajstić information content (AvgIpc) is 3.11. The molecule has 1 heterocycles. The molecule has 0 aliphatic carbocycles. The third-order valence-electron chi connectivity index (χ3n) is 4.16. The molecule has 9 heteroatoms. The van der Waals surface area contributed by atoms with Gasteiger partial charge in [0.2, 0.25) is 5.91 Å². The van der Waals surface area contributed by atoms with Crippen LogP contribution in [-0.2, 0) is 17.8 Å². The van der Waals surface area contributed by atoms with E-state index >= 15 is 0 Å². The van der Waals surface area contributed by atoms with Crippen LogP contribution in [0.15, 0.2) is 64.7 Å². The van der Waals surface area contributed by atoms with Crippen molar-refractivity contribution in [2.24, 2.45) is 0 Å². The number of hydrogen-bond acceptors (Lipinski definition) is 5. The van der Waals surface area contributed by atoms with Gasteiger partial charge < -0.3 is 14.6 Å². The number of benzene rings is 2. The van der Waals surface area contributed by atoms with Gasteiger partial charge in [0.15, 0.2) is 5.16 Å². The van der Waals surface area contributed by atoms with Crippen LogP contribution >= 0.6 is 39.3 Å². The Morgan fingerprint density at radius 2 is 2.07 bits per heavy atom. The Hall–Kier alpha value is -2.29.